The summed E-state index contributed by atoms with van der Waals surface area (Å²) in [5.41, 5.74) is 3.17. The molecular weight excluding hydrogens is 458 g/mol. The number of anilines is 1. The number of nitrogens with one attached hydrogen (secondary N) is 1. The summed E-state index contributed by atoms with van der Waals surface area (Å²) in [6.45, 7) is 6.33. The van der Waals surface area contributed by atoms with E-state index in [0.29, 0.717) is 34.7 Å². The molecule has 2 aromatic heterocycles. The van der Waals surface area contributed by atoms with Crippen LogP contribution in [0, 0.1) is 13.8 Å². The van der Waals surface area contributed by atoms with Crippen LogP contribution in [0.15, 0.2) is 59.5 Å². The van der Waals surface area contributed by atoms with Crippen molar-refractivity contribution in [2.24, 2.45) is 0 Å². The van der Waals surface area contributed by atoms with E-state index in [0.717, 1.165) is 24.1 Å². The van der Waals surface area contributed by atoms with Crippen molar-refractivity contribution in [1.29, 1.82) is 0 Å². The first-order valence-corrected chi connectivity index (χ1v) is 12.0. The third kappa shape index (κ3) is 5.51. The molecule has 36 heavy (non-hydrogen) atoms. The molecule has 0 unspecified atom stereocenters. The number of aryl methyl sites for hydroxylation is 2. The number of benzene rings is 2. The predicted molar refractivity (Wildman–Crippen MR) is 137 cm³/mol. The van der Waals surface area contributed by atoms with Crippen LogP contribution in [0.5, 0.6) is 0 Å². The van der Waals surface area contributed by atoms with E-state index in [2.05, 4.69) is 15.4 Å². The second-order valence-electron chi connectivity index (χ2n) is 8.61. The predicted octanol–water partition coefficient (Wildman–Crippen LogP) is 4.18. The van der Waals surface area contributed by atoms with Crippen molar-refractivity contribution in [3.8, 4) is 5.69 Å². The van der Waals surface area contributed by atoms with E-state index in [4.69, 9.17) is 4.74 Å². The van der Waals surface area contributed by atoms with Gasteiger partial charge in [0.2, 0.25) is 5.91 Å². The molecule has 0 saturated carbocycles. The summed E-state index contributed by atoms with van der Waals surface area (Å²) in [7, 11) is 0. The Morgan fingerprint density at radius 2 is 1.75 bits per heavy atom. The van der Waals surface area contributed by atoms with Crippen LogP contribution >= 0.6 is 0 Å². The zero-order chi connectivity index (χ0) is 25.7. The van der Waals surface area contributed by atoms with Crippen LogP contribution in [-0.2, 0) is 16.1 Å². The number of carbonyl (C=O) groups is 2. The van der Waals surface area contributed by atoms with Crippen LogP contribution in [0.2, 0.25) is 0 Å². The molecule has 0 spiro atoms. The highest BCUT2D eigenvalue weighted by molar-refractivity contribution is 5.93. The first-order chi connectivity index (χ1) is 17.4. The van der Waals surface area contributed by atoms with Crippen LogP contribution in [0.4, 0.5) is 5.69 Å². The van der Waals surface area contributed by atoms with Gasteiger partial charge < -0.3 is 10.1 Å². The number of aromatic nitrogens is 4. The highest BCUT2D eigenvalue weighted by Crippen LogP contribution is 2.16. The maximum absolute atomic E-state index is 13.1. The Balaban J connectivity index is 1.41. The van der Waals surface area contributed by atoms with E-state index in [9.17, 15) is 14.4 Å². The lowest BCUT2D eigenvalue weighted by Crippen LogP contribution is -2.26. The smallest absolute Gasteiger partial charge is 0.338 e. The van der Waals surface area contributed by atoms with Gasteiger partial charge >= 0.3 is 5.97 Å². The van der Waals surface area contributed by atoms with Gasteiger partial charge in [0.25, 0.3) is 5.56 Å². The van der Waals surface area contributed by atoms with Crippen LogP contribution < -0.4 is 10.9 Å². The van der Waals surface area contributed by atoms with Gasteiger partial charge in [-0.05, 0) is 56.7 Å². The average molecular weight is 488 g/mol. The molecule has 0 bridgehead atoms. The highest BCUT2D eigenvalue weighted by Gasteiger charge is 2.15. The second-order valence-corrected chi connectivity index (χ2v) is 8.61. The van der Waals surface area contributed by atoms with Gasteiger partial charge in [0.05, 0.1) is 24.1 Å². The lowest BCUT2D eigenvalue weighted by molar-refractivity contribution is -0.116. The first-order valence-electron chi connectivity index (χ1n) is 12.0. The normalized spacial score (nSPS) is 11.0. The van der Waals surface area contributed by atoms with Gasteiger partial charge in [0, 0.05) is 18.7 Å². The van der Waals surface area contributed by atoms with Crippen molar-refractivity contribution >= 4 is 28.6 Å². The topological polar surface area (TPSA) is 108 Å². The number of hydrogen-bond acceptors (Lipinski definition) is 6. The van der Waals surface area contributed by atoms with Crippen molar-refractivity contribution in [2.75, 3.05) is 11.9 Å². The van der Waals surface area contributed by atoms with Gasteiger partial charge in [-0.2, -0.15) is 5.10 Å². The Morgan fingerprint density at radius 3 is 2.44 bits per heavy atom. The molecule has 2 heterocycles. The molecule has 0 radical (unpaired) electrons. The molecule has 4 rings (SSSR count). The zero-order valence-corrected chi connectivity index (χ0v) is 20.7. The van der Waals surface area contributed by atoms with E-state index in [1.54, 1.807) is 35.9 Å². The average Bonchev–Trinajstić information content (AvgIpc) is 3.29. The fraction of sp³-hybridized carbons (Fsp3) is 0.296. The Bertz CT molecular complexity index is 1440. The number of hydrogen-bond donors (Lipinski definition) is 1. The number of fused-ring (bicyclic) bond motifs is 1. The molecule has 9 heteroatoms. The minimum atomic E-state index is -0.384. The zero-order valence-electron chi connectivity index (χ0n) is 20.7. The van der Waals surface area contributed by atoms with E-state index in [1.807, 2.05) is 38.1 Å². The maximum Gasteiger partial charge on any atom is 0.338 e. The third-order valence-corrected chi connectivity index (χ3v) is 5.85. The summed E-state index contributed by atoms with van der Waals surface area (Å²) in [5, 5.41) is 7.54. The molecule has 0 aliphatic heterocycles. The molecule has 1 amide bonds. The number of carbonyl (C=O) groups excluding carboxylic acids is 2. The van der Waals surface area contributed by atoms with Crippen molar-refractivity contribution in [3.05, 3.63) is 82.0 Å². The third-order valence-electron chi connectivity index (χ3n) is 5.85. The summed E-state index contributed by atoms with van der Waals surface area (Å²) < 4.78 is 8.32. The number of ether oxygens (including phenoxy) is 1. The number of amides is 1. The van der Waals surface area contributed by atoms with Crippen molar-refractivity contribution < 1.29 is 14.3 Å². The van der Waals surface area contributed by atoms with E-state index < -0.39 is 0 Å². The summed E-state index contributed by atoms with van der Waals surface area (Å²) >= 11 is 0. The molecule has 0 fully saturated rings. The van der Waals surface area contributed by atoms with Gasteiger partial charge in [0.1, 0.15) is 11.2 Å². The molecule has 186 valence electrons. The van der Waals surface area contributed by atoms with Crippen molar-refractivity contribution in [3.63, 3.8) is 0 Å². The fourth-order valence-corrected chi connectivity index (χ4v) is 3.76. The van der Waals surface area contributed by atoms with E-state index >= 15 is 0 Å². The molecule has 1 N–H and O–H groups in total. The largest absolute Gasteiger partial charge is 0.462 e. The molecular formula is C27H29N5O4. The molecule has 0 atom stereocenters. The van der Waals surface area contributed by atoms with Crippen LogP contribution in [0.25, 0.3) is 16.7 Å². The fourth-order valence-electron chi connectivity index (χ4n) is 3.76. The van der Waals surface area contributed by atoms with E-state index in [1.165, 1.54) is 10.8 Å². The van der Waals surface area contributed by atoms with Gasteiger partial charge in [0.15, 0.2) is 5.65 Å². The van der Waals surface area contributed by atoms with E-state index in [-0.39, 0.29) is 30.4 Å². The Morgan fingerprint density at radius 1 is 1.03 bits per heavy atom. The Kier molecular flexibility index (Phi) is 7.58. The summed E-state index contributed by atoms with van der Waals surface area (Å²) in [5.74, 6) is -0.139. The molecule has 0 saturated heterocycles. The number of nitrogens with zero attached hydrogens (tertiary/aromatic N) is 4. The Hall–Kier alpha value is -4.27. The van der Waals surface area contributed by atoms with Crippen LogP contribution in [-0.4, -0.2) is 37.8 Å². The summed E-state index contributed by atoms with van der Waals surface area (Å²) in [6, 6.07) is 14.3. The lowest BCUT2D eigenvalue weighted by Gasteiger charge is -2.11. The maximum atomic E-state index is 13.1. The van der Waals surface area contributed by atoms with Gasteiger partial charge in [-0.3, -0.25) is 14.2 Å². The number of rotatable bonds is 9. The van der Waals surface area contributed by atoms with Crippen LogP contribution in [0.1, 0.15) is 47.9 Å². The number of esters is 1. The monoisotopic (exact) mass is 487 g/mol. The summed E-state index contributed by atoms with van der Waals surface area (Å²) in [6.07, 6.45) is 3.36. The standard InChI is InChI=1S/C27H29N5O4/c1-4-5-16-36-27(35)20-8-10-21(11-9-20)30-24(33)14-15-31-19(3)29-25-23(26(31)34)17-28-32(25)22-12-6-18(2)7-13-22/h6-13,17H,4-5,14-16H2,1-3H3,(H,30,33). The number of unbranched alkanes of at least 4 members (excludes halogenated alkanes) is 1. The minimum Gasteiger partial charge on any atom is -0.462 e. The van der Waals surface area contributed by atoms with Crippen molar-refractivity contribution in [2.45, 2.75) is 46.6 Å². The molecule has 4 aromatic rings. The Labute approximate surface area is 208 Å². The van der Waals surface area contributed by atoms with Crippen molar-refractivity contribution in [1.82, 2.24) is 19.3 Å². The quantitative estimate of drug-likeness (QED) is 0.280. The molecule has 0 aliphatic rings. The molecule has 9 nitrogen and oxygen atoms in total. The first kappa shape index (κ1) is 24.8. The molecule has 0 aliphatic carbocycles. The second kappa shape index (κ2) is 11.0. The van der Waals surface area contributed by atoms with Crippen LogP contribution in [0.3, 0.4) is 0 Å². The van der Waals surface area contributed by atoms with Gasteiger partial charge in [-0.1, -0.05) is 31.0 Å². The SMILES string of the molecule is CCCCOC(=O)c1ccc(NC(=O)CCn2c(C)nc3c(cnn3-c3ccc(C)cc3)c2=O)cc1. The van der Waals surface area contributed by atoms with Gasteiger partial charge in [-0.25, -0.2) is 14.5 Å². The highest BCUT2D eigenvalue weighted by atomic mass is 16.5. The lowest BCUT2D eigenvalue weighted by atomic mass is 10.2. The minimum absolute atomic E-state index is 0.0842. The summed E-state index contributed by atoms with van der Waals surface area (Å²) in [4.78, 5) is 42.2. The molecule has 2 aromatic carbocycles. The van der Waals surface area contributed by atoms with Gasteiger partial charge in [-0.15, -0.1) is 0 Å².